The van der Waals surface area contributed by atoms with Gasteiger partial charge in [0.25, 0.3) is 5.91 Å². The minimum Gasteiger partial charge on any atom is -0.467 e. The number of hydrogen-bond acceptors (Lipinski definition) is 4. The van der Waals surface area contributed by atoms with Crippen molar-refractivity contribution in [2.75, 3.05) is 5.32 Å². The molecule has 1 aromatic heterocycles. The molecule has 0 unspecified atom stereocenters. The monoisotopic (exact) mass is 393 g/mol. The second kappa shape index (κ2) is 9.48. The van der Waals surface area contributed by atoms with E-state index in [0.717, 1.165) is 5.56 Å². The van der Waals surface area contributed by atoms with Gasteiger partial charge in [-0.2, -0.15) is 0 Å². The molecule has 0 fully saturated rings. The van der Waals surface area contributed by atoms with Gasteiger partial charge in [0.2, 0.25) is 5.91 Å². The van der Waals surface area contributed by atoms with Gasteiger partial charge < -0.3 is 20.4 Å². The Morgan fingerprint density at radius 3 is 2.36 bits per heavy atom. The Kier molecular flexibility index (Phi) is 6.54. The number of thiocarbonyl (C=S) groups is 1. The van der Waals surface area contributed by atoms with Crippen LogP contribution in [0.2, 0.25) is 0 Å². The third kappa shape index (κ3) is 5.78. The highest BCUT2D eigenvalue weighted by atomic mass is 32.1. The Bertz CT molecular complexity index is 939. The van der Waals surface area contributed by atoms with Gasteiger partial charge in [-0.25, -0.2) is 0 Å². The molecular formula is C21H19N3O3S. The van der Waals surface area contributed by atoms with Gasteiger partial charge in [-0.05, 0) is 54.2 Å². The number of hydrogen-bond donors (Lipinski definition) is 3. The van der Waals surface area contributed by atoms with Crippen molar-refractivity contribution in [3.8, 4) is 0 Å². The van der Waals surface area contributed by atoms with Gasteiger partial charge in [0, 0.05) is 11.3 Å². The molecular weight excluding hydrogens is 374 g/mol. The van der Waals surface area contributed by atoms with Crippen LogP contribution in [0.5, 0.6) is 0 Å². The van der Waals surface area contributed by atoms with Crippen LogP contribution in [-0.4, -0.2) is 16.9 Å². The molecule has 0 aliphatic carbocycles. The second-order valence-electron chi connectivity index (χ2n) is 6.00. The third-order valence-electron chi connectivity index (χ3n) is 3.87. The summed E-state index contributed by atoms with van der Waals surface area (Å²) in [6.45, 7) is 0.323. The maximum Gasteiger partial charge on any atom is 0.251 e. The quantitative estimate of drug-likeness (QED) is 0.560. The molecule has 1 heterocycles. The fourth-order valence-corrected chi connectivity index (χ4v) is 2.73. The van der Waals surface area contributed by atoms with Gasteiger partial charge in [-0.1, -0.05) is 30.3 Å². The molecule has 2 aromatic carbocycles. The van der Waals surface area contributed by atoms with Crippen LogP contribution in [0, 0.1) is 0 Å². The van der Waals surface area contributed by atoms with Crippen molar-refractivity contribution < 1.29 is 14.0 Å². The van der Waals surface area contributed by atoms with Crippen LogP contribution < -0.4 is 16.0 Å². The van der Waals surface area contributed by atoms with Crippen LogP contribution in [-0.2, 0) is 17.8 Å². The first kappa shape index (κ1) is 19.3. The normalized spacial score (nSPS) is 10.1. The highest BCUT2D eigenvalue weighted by Crippen LogP contribution is 2.10. The Hall–Kier alpha value is -3.45. The number of carbonyl (C=O) groups excluding carboxylic acids is 2. The van der Waals surface area contributed by atoms with E-state index in [1.54, 1.807) is 42.7 Å². The van der Waals surface area contributed by atoms with Crippen LogP contribution >= 0.6 is 12.2 Å². The maximum absolute atomic E-state index is 12.1. The zero-order valence-electron chi connectivity index (χ0n) is 15.0. The van der Waals surface area contributed by atoms with E-state index in [-0.39, 0.29) is 23.3 Å². The van der Waals surface area contributed by atoms with E-state index in [9.17, 15) is 9.59 Å². The number of anilines is 1. The molecule has 6 nitrogen and oxygen atoms in total. The van der Waals surface area contributed by atoms with E-state index in [2.05, 4.69) is 16.0 Å². The van der Waals surface area contributed by atoms with Gasteiger partial charge >= 0.3 is 0 Å². The molecule has 0 saturated carbocycles. The Balaban J connectivity index is 1.47. The lowest BCUT2D eigenvalue weighted by atomic mass is 10.1. The predicted octanol–water partition coefficient (Wildman–Crippen LogP) is 3.27. The first-order valence-corrected chi connectivity index (χ1v) is 9.06. The van der Waals surface area contributed by atoms with E-state index >= 15 is 0 Å². The first-order valence-electron chi connectivity index (χ1n) is 8.65. The molecule has 0 bridgehead atoms. The molecule has 0 atom stereocenters. The van der Waals surface area contributed by atoms with Gasteiger partial charge in [0.1, 0.15) is 5.76 Å². The summed E-state index contributed by atoms with van der Waals surface area (Å²) in [5.41, 5.74) is 2.09. The molecule has 3 aromatic rings. The summed E-state index contributed by atoms with van der Waals surface area (Å²) in [5, 5.41) is 8.55. The summed E-state index contributed by atoms with van der Waals surface area (Å²) in [5.74, 6) is 0.280. The lowest BCUT2D eigenvalue weighted by Gasteiger charge is -2.10. The number of carbonyl (C=O) groups is 2. The number of nitrogens with one attached hydrogen (secondary N) is 3. The van der Waals surface area contributed by atoms with E-state index in [1.807, 2.05) is 30.3 Å². The minimum atomic E-state index is -0.207. The average molecular weight is 393 g/mol. The van der Waals surface area contributed by atoms with Crippen molar-refractivity contribution in [3.05, 3.63) is 89.9 Å². The van der Waals surface area contributed by atoms with E-state index in [4.69, 9.17) is 16.6 Å². The molecule has 142 valence electrons. The number of benzene rings is 2. The van der Waals surface area contributed by atoms with Crippen molar-refractivity contribution in [2.45, 2.75) is 13.0 Å². The Labute approximate surface area is 167 Å². The molecule has 7 heteroatoms. The molecule has 0 saturated heterocycles. The molecule has 0 spiro atoms. The minimum absolute atomic E-state index is 0.197. The molecule has 2 amide bonds. The van der Waals surface area contributed by atoms with Crippen molar-refractivity contribution >= 4 is 34.8 Å². The summed E-state index contributed by atoms with van der Waals surface area (Å²) in [6.07, 6.45) is 1.81. The van der Waals surface area contributed by atoms with Crippen molar-refractivity contribution in [1.82, 2.24) is 10.6 Å². The third-order valence-corrected chi connectivity index (χ3v) is 4.07. The van der Waals surface area contributed by atoms with Crippen LogP contribution in [0.4, 0.5) is 5.69 Å². The van der Waals surface area contributed by atoms with Crippen LogP contribution in [0.1, 0.15) is 21.7 Å². The Morgan fingerprint density at radius 1 is 0.929 bits per heavy atom. The summed E-state index contributed by atoms with van der Waals surface area (Å²) in [7, 11) is 0. The Morgan fingerprint density at radius 2 is 1.68 bits per heavy atom. The fourth-order valence-electron chi connectivity index (χ4n) is 2.50. The van der Waals surface area contributed by atoms with Crippen molar-refractivity contribution in [3.63, 3.8) is 0 Å². The zero-order valence-corrected chi connectivity index (χ0v) is 15.8. The van der Waals surface area contributed by atoms with Gasteiger partial charge in [-0.15, -0.1) is 0 Å². The van der Waals surface area contributed by atoms with Crippen molar-refractivity contribution in [2.24, 2.45) is 0 Å². The van der Waals surface area contributed by atoms with Gasteiger partial charge in [0.05, 0.1) is 19.2 Å². The zero-order chi connectivity index (χ0) is 19.8. The molecule has 0 aliphatic heterocycles. The summed E-state index contributed by atoms with van der Waals surface area (Å²) in [6, 6.07) is 19.8. The lowest BCUT2D eigenvalue weighted by molar-refractivity contribution is -0.119. The van der Waals surface area contributed by atoms with Crippen molar-refractivity contribution in [1.29, 1.82) is 0 Å². The first-order chi connectivity index (χ1) is 13.6. The van der Waals surface area contributed by atoms with Crippen LogP contribution in [0.3, 0.4) is 0 Å². The second-order valence-corrected chi connectivity index (χ2v) is 6.41. The highest BCUT2D eigenvalue weighted by molar-refractivity contribution is 7.80. The van der Waals surface area contributed by atoms with Gasteiger partial charge in [0.15, 0.2) is 5.11 Å². The lowest BCUT2D eigenvalue weighted by Crippen LogP contribution is -2.35. The molecule has 0 aliphatic rings. The van der Waals surface area contributed by atoms with E-state index in [1.165, 1.54) is 0 Å². The molecule has 3 N–H and O–H groups in total. The SMILES string of the molecule is O=C(Cc1ccccc1)NC(=S)Nc1ccc(C(=O)NCc2ccco2)cc1. The maximum atomic E-state index is 12.1. The number of furan rings is 1. The summed E-state index contributed by atoms with van der Waals surface area (Å²) in [4.78, 5) is 24.2. The summed E-state index contributed by atoms with van der Waals surface area (Å²) < 4.78 is 5.18. The predicted molar refractivity (Wildman–Crippen MR) is 111 cm³/mol. The van der Waals surface area contributed by atoms with Crippen LogP contribution in [0.15, 0.2) is 77.4 Å². The van der Waals surface area contributed by atoms with Crippen LogP contribution in [0.25, 0.3) is 0 Å². The van der Waals surface area contributed by atoms with E-state index in [0.29, 0.717) is 23.6 Å². The summed E-state index contributed by atoms with van der Waals surface area (Å²) >= 11 is 5.17. The standard InChI is InChI=1S/C21H19N3O3S/c25-19(13-15-5-2-1-3-6-15)24-21(28)23-17-10-8-16(9-11-17)20(26)22-14-18-7-4-12-27-18/h1-12H,13-14H2,(H,22,26)(H2,23,24,25,28). The molecule has 28 heavy (non-hydrogen) atoms. The number of rotatable bonds is 6. The topological polar surface area (TPSA) is 83.4 Å². The smallest absolute Gasteiger partial charge is 0.251 e. The number of amides is 2. The molecule has 3 rings (SSSR count). The fraction of sp³-hybridized carbons (Fsp3) is 0.0952. The average Bonchev–Trinajstić information content (AvgIpc) is 3.21. The molecule has 0 radical (unpaired) electrons. The van der Waals surface area contributed by atoms with Gasteiger partial charge in [-0.3, -0.25) is 9.59 Å². The highest BCUT2D eigenvalue weighted by Gasteiger charge is 2.08. The van der Waals surface area contributed by atoms with E-state index < -0.39 is 0 Å². The largest absolute Gasteiger partial charge is 0.467 e.